The summed E-state index contributed by atoms with van der Waals surface area (Å²) >= 11 is 11.8. The van der Waals surface area contributed by atoms with E-state index < -0.39 is 24.2 Å². The summed E-state index contributed by atoms with van der Waals surface area (Å²) in [6, 6.07) is 3.27. The molecular weight excluding hydrogens is 368 g/mol. The first kappa shape index (κ1) is 16.9. The van der Waals surface area contributed by atoms with Crippen molar-refractivity contribution in [3.05, 3.63) is 45.6 Å². The van der Waals surface area contributed by atoms with Gasteiger partial charge in [-0.1, -0.05) is 29.3 Å². The number of halogens is 5. The Morgan fingerprint density at radius 1 is 1.29 bits per heavy atom. The summed E-state index contributed by atoms with van der Waals surface area (Å²) < 4.78 is 41.0. The highest BCUT2D eigenvalue weighted by Gasteiger charge is 2.46. The summed E-state index contributed by atoms with van der Waals surface area (Å²) in [6.07, 6.45) is -4.85. The number of benzene rings is 1. The molecule has 0 spiro atoms. The molecule has 0 radical (unpaired) electrons. The zero-order chi connectivity index (χ0) is 17.6. The lowest BCUT2D eigenvalue weighted by molar-refractivity contribution is -0.173. The Morgan fingerprint density at radius 2 is 2.00 bits per heavy atom. The number of aromatic nitrogens is 2. The fraction of sp³-hybridized carbons (Fsp3) is 0.286. The maximum absolute atomic E-state index is 13.4. The molecule has 5 nitrogen and oxygen atoms in total. The van der Waals surface area contributed by atoms with Gasteiger partial charge in [-0.05, 0) is 17.7 Å². The molecule has 0 fully saturated rings. The second-order valence-corrected chi connectivity index (χ2v) is 6.20. The van der Waals surface area contributed by atoms with Crippen LogP contribution in [0.15, 0.2) is 24.3 Å². The molecule has 128 valence electrons. The van der Waals surface area contributed by atoms with Crippen LogP contribution in [-0.4, -0.2) is 21.9 Å². The Balaban J connectivity index is 2.03. The molecule has 10 heteroatoms. The van der Waals surface area contributed by atoms with Gasteiger partial charge in [0.2, 0.25) is 0 Å². The van der Waals surface area contributed by atoms with Crippen molar-refractivity contribution in [3.8, 4) is 0 Å². The minimum absolute atomic E-state index is 0.0634. The molecule has 0 unspecified atom stereocenters. The molecule has 24 heavy (non-hydrogen) atoms. The number of anilines is 1. The number of fused-ring (bicyclic) bond motifs is 1. The van der Waals surface area contributed by atoms with Crippen molar-refractivity contribution in [1.82, 2.24) is 9.78 Å². The molecule has 0 saturated heterocycles. The minimum Gasteiger partial charge on any atom is -0.364 e. The van der Waals surface area contributed by atoms with E-state index in [1.807, 2.05) is 0 Å². The van der Waals surface area contributed by atoms with Gasteiger partial charge in [0.15, 0.2) is 11.7 Å². The van der Waals surface area contributed by atoms with Gasteiger partial charge in [-0.15, -0.1) is 0 Å². The summed E-state index contributed by atoms with van der Waals surface area (Å²) in [7, 11) is 0. The molecule has 1 aliphatic rings. The van der Waals surface area contributed by atoms with Crippen LogP contribution in [0.5, 0.6) is 0 Å². The number of rotatable bonds is 2. The molecule has 1 aliphatic heterocycles. The largest absolute Gasteiger partial charge is 0.410 e. The van der Waals surface area contributed by atoms with Crippen LogP contribution in [0.2, 0.25) is 10.0 Å². The van der Waals surface area contributed by atoms with E-state index in [1.54, 1.807) is 6.07 Å². The van der Waals surface area contributed by atoms with Crippen molar-refractivity contribution in [2.45, 2.75) is 24.7 Å². The van der Waals surface area contributed by atoms with Gasteiger partial charge in [-0.25, -0.2) is 4.68 Å². The predicted molar refractivity (Wildman–Crippen MR) is 83.3 cm³/mol. The number of carbonyl (C=O) groups is 1. The zero-order valence-electron chi connectivity index (χ0n) is 11.9. The Kier molecular flexibility index (Phi) is 4.13. The normalized spacial score (nSPS) is 20.4. The number of nitrogens with two attached hydrogens (primary N) is 1. The van der Waals surface area contributed by atoms with Crippen molar-refractivity contribution in [3.63, 3.8) is 0 Å². The number of alkyl halides is 3. The lowest BCUT2D eigenvalue weighted by atomic mass is 9.97. The standard InChI is InChI=1S/C14H11Cl2F3N4O/c15-7-2-1-6(3-8(7)16)9-4-11(14(17,18)19)23-12(21-9)5-10(22-23)13(20)24/h1-3,5,9,11,21H,4H2,(H2,20,24)/t9-,11-/m0/s1. The van der Waals surface area contributed by atoms with Gasteiger partial charge in [-0.3, -0.25) is 4.79 Å². The summed E-state index contributed by atoms with van der Waals surface area (Å²) in [4.78, 5) is 11.2. The lowest BCUT2D eigenvalue weighted by Gasteiger charge is -2.33. The molecule has 3 rings (SSSR count). The number of nitrogens with zero attached hydrogens (tertiary/aromatic N) is 2. The fourth-order valence-corrected chi connectivity index (χ4v) is 2.95. The van der Waals surface area contributed by atoms with E-state index in [9.17, 15) is 18.0 Å². The maximum Gasteiger partial charge on any atom is 0.410 e. The van der Waals surface area contributed by atoms with Gasteiger partial charge >= 0.3 is 6.18 Å². The van der Waals surface area contributed by atoms with Crippen LogP contribution in [0.1, 0.15) is 34.6 Å². The van der Waals surface area contributed by atoms with Gasteiger partial charge in [0.1, 0.15) is 5.82 Å². The quantitative estimate of drug-likeness (QED) is 0.830. The van der Waals surface area contributed by atoms with Crippen LogP contribution in [0.25, 0.3) is 0 Å². The highest BCUT2D eigenvalue weighted by molar-refractivity contribution is 6.42. The SMILES string of the molecule is NC(=O)c1cc2n(n1)[C@H](C(F)(F)F)C[C@@H](c1ccc(Cl)c(Cl)c1)N2. The second kappa shape index (κ2) is 5.86. The average Bonchev–Trinajstić information content (AvgIpc) is 2.92. The molecule has 0 bridgehead atoms. The van der Waals surface area contributed by atoms with E-state index in [0.717, 1.165) is 4.68 Å². The van der Waals surface area contributed by atoms with E-state index in [1.165, 1.54) is 18.2 Å². The van der Waals surface area contributed by atoms with Crippen LogP contribution in [0.4, 0.5) is 19.0 Å². The summed E-state index contributed by atoms with van der Waals surface area (Å²) in [6.45, 7) is 0. The smallest absolute Gasteiger partial charge is 0.364 e. The molecule has 0 aliphatic carbocycles. The van der Waals surface area contributed by atoms with Crippen LogP contribution in [0, 0.1) is 0 Å². The molecule has 1 amide bonds. The Labute approximate surface area is 144 Å². The van der Waals surface area contributed by atoms with E-state index in [-0.39, 0.29) is 23.0 Å². The third-order valence-electron chi connectivity index (χ3n) is 3.79. The molecule has 2 atom stereocenters. The van der Waals surface area contributed by atoms with Crippen molar-refractivity contribution < 1.29 is 18.0 Å². The van der Waals surface area contributed by atoms with E-state index in [4.69, 9.17) is 28.9 Å². The number of amides is 1. The zero-order valence-corrected chi connectivity index (χ0v) is 13.5. The van der Waals surface area contributed by atoms with Crippen molar-refractivity contribution in [1.29, 1.82) is 0 Å². The molecule has 0 saturated carbocycles. The number of hydrogen-bond acceptors (Lipinski definition) is 3. The molecule has 2 aromatic rings. The predicted octanol–water partition coefficient (Wildman–Crippen LogP) is 3.95. The van der Waals surface area contributed by atoms with Crippen molar-refractivity contribution in [2.75, 3.05) is 5.32 Å². The van der Waals surface area contributed by atoms with Crippen LogP contribution in [-0.2, 0) is 0 Å². The Bertz CT molecular complexity index is 806. The Morgan fingerprint density at radius 3 is 2.58 bits per heavy atom. The third-order valence-corrected chi connectivity index (χ3v) is 4.53. The van der Waals surface area contributed by atoms with E-state index >= 15 is 0 Å². The molecular formula is C14H11Cl2F3N4O. The monoisotopic (exact) mass is 378 g/mol. The van der Waals surface area contributed by atoms with Crippen LogP contribution < -0.4 is 11.1 Å². The fourth-order valence-electron chi connectivity index (χ4n) is 2.64. The molecule has 1 aromatic carbocycles. The van der Waals surface area contributed by atoms with Crippen molar-refractivity contribution >= 4 is 34.9 Å². The molecule has 3 N–H and O–H groups in total. The highest BCUT2D eigenvalue weighted by atomic mass is 35.5. The van der Waals surface area contributed by atoms with E-state index in [0.29, 0.717) is 10.6 Å². The number of carbonyl (C=O) groups excluding carboxylic acids is 1. The van der Waals surface area contributed by atoms with Gasteiger partial charge in [0.25, 0.3) is 5.91 Å². The first-order valence-corrected chi connectivity index (χ1v) is 7.60. The number of hydrogen-bond donors (Lipinski definition) is 2. The van der Waals surface area contributed by atoms with Gasteiger partial charge in [0, 0.05) is 12.5 Å². The summed E-state index contributed by atoms with van der Waals surface area (Å²) in [5, 5.41) is 7.16. The van der Waals surface area contributed by atoms with Gasteiger partial charge < -0.3 is 11.1 Å². The van der Waals surface area contributed by atoms with Gasteiger partial charge in [0.05, 0.1) is 16.1 Å². The molecule has 2 heterocycles. The van der Waals surface area contributed by atoms with E-state index in [2.05, 4.69) is 10.4 Å². The second-order valence-electron chi connectivity index (χ2n) is 5.39. The minimum atomic E-state index is -4.54. The van der Waals surface area contributed by atoms with Crippen LogP contribution in [0.3, 0.4) is 0 Å². The third kappa shape index (κ3) is 3.03. The number of nitrogens with one attached hydrogen (secondary N) is 1. The average molecular weight is 379 g/mol. The molecule has 1 aromatic heterocycles. The summed E-state index contributed by atoms with van der Waals surface area (Å²) in [5.74, 6) is -0.834. The highest BCUT2D eigenvalue weighted by Crippen LogP contribution is 2.44. The first-order valence-electron chi connectivity index (χ1n) is 6.84. The first-order chi connectivity index (χ1) is 11.2. The lowest BCUT2D eigenvalue weighted by Crippen LogP contribution is -2.35. The maximum atomic E-state index is 13.4. The topological polar surface area (TPSA) is 72.9 Å². The van der Waals surface area contributed by atoms with Crippen molar-refractivity contribution in [2.24, 2.45) is 5.73 Å². The van der Waals surface area contributed by atoms with Crippen LogP contribution >= 0.6 is 23.2 Å². The Hall–Kier alpha value is -1.93. The number of primary amides is 1. The summed E-state index contributed by atoms with van der Waals surface area (Å²) in [5.41, 5.74) is 5.42. The van der Waals surface area contributed by atoms with Gasteiger partial charge in [-0.2, -0.15) is 18.3 Å².